The molecule has 0 radical (unpaired) electrons. The van der Waals surface area contributed by atoms with E-state index in [1.54, 1.807) is 18.2 Å². The van der Waals surface area contributed by atoms with Gasteiger partial charge in [-0.3, -0.25) is 4.79 Å². The predicted molar refractivity (Wildman–Crippen MR) is 89.7 cm³/mol. The lowest BCUT2D eigenvalue weighted by molar-refractivity contribution is 0.506. The van der Waals surface area contributed by atoms with E-state index in [1.165, 1.54) is 16.8 Å². The van der Waals surface area contributed by atoms with Crippen molar-refractivity contribution in [1.29, 1.82) is 0 Å². The summed E-state index contributed by atoms with van der Waals surface area (Å²) in [7, 11) is 0. The number of hydrogen-bond acceptors (Lipinski definition) is 2. The van der Waals surface area contributed by atoms with Crippen molar-refractivity contribution in [3.63, 3.8) is 0 Å². The van der Waals surface area contributed by atoms with Crippen LogP contribution >= 0.6 is 0 Å². The van der Waals surface area contributed by atoms with E-state index >= 15 is 0 Å². The highest BCUT2D eigenvalue weighted by Gasteiger charge is 2.13. The van der Waals surface area contributed by atoms with Crippen LogP contribution in [0.3, 0.4) is 0 Å². The van der Waals surface area contributed by atoms with Gasteiger partial charge in [0.05, 0.1) is 17.3 Å². The standard InChI is InChI=1S/C19H17FN2O/c1-13(2)22-19(23)17(14-8-10-16(20)11-9-14)12-18(21-22)15-6-4-3-5-7-15/h3-13H,1-2H3. The van der Waals surface area contributed by atoms with Gasteiger partial charge in [-0.1, -0.05) is 42.5 Å². The van der Waals surface area contributed by atoms with Gasteiger partial charge in [-0.2, -0.15) is 5.10 Å². The van der Waals surface area contributed by atoms with Crippen LogP contribution in [0.2, 0.25) is 0 Å². The number of halogens is 1. The van der Waals surface area contributed by atoms with Crippen LogP contribution in [0.15, 0.2) is 65.5 Å². The molecule has 4 heteroatoms. The summed E-state index contributed by atoms with van der Waals surface area (Å²) in [5.74, 6) is -0.324. The van der Waals surface area contributed by atoms with Gasteiger partial charge in [0.15, 0.2) is 0 Å². The lowest BCUT2D eigenvalue weighted by Crippen LogP contribution is -2.26. The molecule has 0 fully saturated rings. The molecule has 0 amide bonds. The third-order valence-corrected chi connectivity index (χ3v) is 3.65. The molecule has 23 heavy (non-hydrogen) atoms. The van der Waals surface area contributed by atoms with Crippen LogP contribution in [-0.4, -0.2) is 9.78 Å². The highest BCUT2D eigenvalue weighted by Crippen LogP contribution is 2.22. The maximum absolute atomic E-state index is 13.2. The lowest BCUT2D eigenvalue weighted by atomic mass is 10.0. The smallest absolute Gasteiger partial charge is 0.267 e. The molecular weight excluding hydrogens is 291 g/mol. The van der Waals surface area contributed by atoms with Crippen molar-refractivity contribution in [2.24, 2.45) is 0 Å². The number of aromatic nitrogens is 2. The molecule has 0 aliphatic heterocycles. The van der Waals surface area contributed by atoms with Gasteiger partial charge in [0, 0.05) is 5.56 Å². The Morgan fingerprint density at radius 3 is 2.22 bits per heavy atom. The SMILES string of the molecule is CC(C)n1nc(-c2ccccc2)cc(-c2ccc(F)cc2)c1=O. The molecule has 0 N–H and O–H groups in total. The Morgan fingerprint density at radius 2 is 1.61 bits per heavy atom. The quantitative estimate of drug-likeness (QED) is 0.723. The van der Waals surface area contributed by atoms with Gasteiger partial charge < -0.3 is 0 Å². The first-order valence-corrected chi connectivity index (χ1v) is 7.51. The van der Waals surface area contributed by atoms with Crippen molar-refractivity contribution in [2.45, 2.75) is 19.9 Å². The Kier molecular flexibility index (Phi) is 4.06. The number of benzene rings is 2. The van der Waals surface area contributed by atoms with Crippen LogP contribution in [0.4, 0.5) is 4.39 Å². The van der Waals surface area contributed by atoms with Gasteiger partial charge in [-0.25, -0.2) is 9.07 Å². The second-order valence-electron chi connectivity index (χ2n) is 5.66. The minimum atomic E-state index is -0.324. The molecule has 116 valence electrons. The summed E-state index contributed by atoms with van der Waals surface area (Å²) in [6, 6.07) is 17.3. The van der Waals surface area contributed by atoms with E-state index < -0.39 is 0 Å². The van der Waals surface area contributed by atoms with Gasteiger partial charge in [0.2, 0.25) is 0 Å². The maximum atomic E-state index is 13.2. The molecule has 3 aromatic rings. The Labute approximate surface area is 134 Å². The summed E-state index contributed by atoms with van der Waals surface area (Å²) in [5, 5.41) is 4.48. The second-order valence-corrected chi connectivity index (χ2v) is 5.66. The summed E-state index contributed by atoms with van der Waals surface area (Å²) in [6.07, 6.45) is 0. The molecule has 0 spiro atoms. The maximum Gasteiger partial charge on any atom is 0.274 e. The molecule has 1 aromatic heterocycles. The van der Waals surface area contributed by atoms with Crippen LogP contribution in [0.1, 0.15) is 19.9 Å². The van der Waals surface area contributed by atoms with Crippen LogP contribution < -0.4 is 5.56 Å². The number of hydrogen-bond donors (Lipinski definition) is 0. The topological polar surface area (TPSA) is 34.9 Å². The van der Waals surface area contributed by atoms with Gasteiger partial charge >= 0.3 is 0 Å². The average molecular weight is 308 g/mol. The van der Waals surface area contributed by atoms with E-state index in [2.05, 4.69) is 5.10 Å². The molecule has 0 saturated carbocycles. The van der Waals surface area contributed by atoms with Crippen LogP contribution in [-0.2, 0) is 0 Å². The van der Waals surface area contributed by atoms with Crippen molar-refractivity contribution in [3.05, 3.63) is 76.8 Å². The minimum Gasteiger partial charge on any atom is -0.267 e. The first kappa shape index (κ1) is 15.2. The fourth-order valence-corrected chi connectivity index (χ4v) is 2.45. The predicted octanol–water partition coefficient (Wildman–Crippen LogP) is 4.30. The first-order valence-electron chi connectivity index (χ1n) is 7.51. The molecule has 3 rings (SSSR count). The van der Waals surface area contributed by atoms with Crippen molar-refractivity contribution in [1.82, 2.24) is 9.78 Å². The summed E-state index contributed by atoms with van der Waals surface area (Å²) in [6.45, 7) is 3.83. The third-order valence-electron chi connectivity index (χ3n) is 3.65. The zero-order valence-electron chi connectivity index (χ0n) is 13.0. The van der Waals surface area contributed by atoms with Gasteiger partial charge in [-0.05, 0) is 37.6 Å². The largest absolute Gasteiger partial charge is 0.274 e. The van der Waals surface area contributed by atoms with Crippen molar-refractivity contribution < 1.29 is 4.39 Å². The number of rotatable bonds is 3. The molecule has 0 bridgehead atoms. The Balaban J connectivity index is 2.24. The minimum absolute atomic E-state index is 0.0645. The highest BCUT2D eigenvalue weighted by atomic mass is 19.1. The van der Waals surface area contributed by atoms with Crippen molar-refractivity contribution in [3.8, 4) is 22.4 Å². The zero-order valence-corrected chi connectivity index (χ0v) is 13.0. The van der Waals surface area contributed by atoms with Crippen LogP contribution in [0.25, 0.3) is 22.4 Å². The fraction of sp³-hybridized carbons (Fsp3) is 0.158. The van der Waals surface area contributed by atoms with Crippen molar-refractivity contribution in [2.75, 3.05) is 0 Å². The van der Waals surface area contributed by atoms with Gasteiger partial charge in [0.1, 0.15) is 5.82 Å². The highest BCUT2D eigenvalue weighted by molar-refractivity contribution is 5.69. The van der Waals surface area contributed by atoms with Gasteiger partial charge in [0.25, 0.3) is 5.56 Å². The molecule has 0 aliphatic rings. The van der Waals surface area contributed by atoms with E-state index in [-0.39, 0.29) is 17.4 Å². The molecule has 1 heterocycles. The fourth-order valence-electron chi connectivity index (χ4n) is 2.45. The summed E-state index contributed by atoms with van der Waals surface area (Å²) in [4.78, 5) is 12.7. The second kappa shape index (κ2) is 6.16. The lowest BCUT2D eigenvalue weighted by Gasteiger charge is -2.13. The monoisotopic (exact) mass is 308 g/mol. The first-order chi connectivity index (χ1) is 11.1. The van der Waals surface area contributed by atoms with Crippen LogP contribution in [0.5, 0.6) is 0 Å². The van der Waals surface area contributed by atoms with E-state index in [4.69, 9.17) is 0 Å². The normalized spacial score (nSPS) is 11.0. The van der Waals surface area contributed by atoms with Gasteiger partial charge in [-0.15, -0.1) is 0 Å². The Bertz CT molecular complexity index is 868. The zero-order chi connectivity index (χ0) is 16.4. The van der Waals surface area contributed by atoms with E-state index in [9.17, 15) is 9.18 Å². The molecule has 0 unspecified atom stereocenters. The van der Waals surface area contributed by atoms with E-state index in [0.717, 1.165) is 11.3 Å². The molecule has 0 atom stereocenters. The van der Waals surface area contributed by atoms with E-state index in [1.807, 2.05) is 44.2 Å². The molecule has 3 nitrogen and oxygen atoms in total. The third kappa shape index (κ3) is 3.06. The molecule has 2 aromatic carbocycles. The molecule has 0 saturated heterocycles. The Morgan fingerprint density at radius 1 is 0.957 bits per heavy atom. The summed E-state index contributed by atoms with van der Waals surface area (Å²) < 4.78 is 14.6. The van der Waals surface area contributed by atoms with E-state index in [0.29, 0.717) is 11.1 Å². The molecule has 0 aliphatic carbocycles. The Hall–Kier alpha value is -2.75. The van der Waals surface area contributed by atoms with Crippen molar-refractivity contribution >= 4 is 0 Å². The van der Waals surface area contributed by atoms with Crippen LogP contribution in [0, 0.1) is 5.82 Å². The number of nitrogens with zero attached hydrogens (tertiary/aromatic N) is 2. The average Bonchev–Trinajstić information content (AvgIpc) is 2.56. The summed E-state index contributed by atoms with van der Waals surface area (Å²) in [5.41, 5.74) is 2.69. The summed E-state index contributed by atoms with van der Waals surface area (Å²) >= 11 is 0. The molecular formula is C19H17FN2O.